The SMILES string of the molecule is CCOC(=O)C(C#N)c1ccccc1S(=O)(=O)NC(C)C. The molecule has 0 saturated carbocycles. The standard InChI is InChI=1S/C14H18N2O4S/c1-4-20-14(17)12(9-15)11-7-5-6-8-13(11)21(18,19)16-10(2)3/h5-8,10,12,16H,4H2,1-3H3. The van der Waals surface area contributed by atoms with Gasteiger partial charge in [0.1, 0.15) is 0 Å². The summed E-state index contributed by atoms with van der Waals surface area (Å²) in [6.45, 7) is 5.12. The van der Waals surface area contributed by atoms with Gasteiger partial charge in [0.15, 0.2) is 5.92 Å². The molecule has 1 rings (SSSR count). The third-order valence-corrected chi connectivity index (χ3v) is 4.29. The fourth-order valence-electron chi connectivity index (χ4n) is 1.81. The van der Waals surface area contributed by atoms with Gasteiger partial charge in [-0.1, -0.05) is 18.2 Å². The first kappa shape index (κ1) is 17.1. The predicted octanol–water partition coefficient (Wildman–Crippen LogP) is 1.54. The number of nitriles is 1. The minimum atomic E-state index is -3.80. The molecule has 1 aromatic rings. The first-order chi connectivity index (χ1) is 9.83. The molecular formula is C14H18N2O4S. The molecule has 0 aliphatic rings. The quantitative estimate of drug-likeness (QED) is 0.804. The second-order valence-electron chi connectivity index (χ2n) is 4.63. The summed E-state index contributed by atoms with van der Waals surface area (Å²) in [7, 11) is -3.80. The van der Waals surface area contributed by atoms with Gasteiger partial charge in [0, 0.05) is 11.6 Å². The lowest BCUT2D eigenvalue weighted by Gasteiger charge is -2.15. The second kappa shape index (κ2) is 7.20. The van der Waals surface area contributed by atoms with E-state index in [2.05, 4.69) is 4.72 Å². The van der Waals surface area contributed by atoms with E-state index < -0.39 is 21.9 Å². The van der Waals surface area contributed by atoms with Crippen molar-refractivity contribution in [3.05, 3.63) is 29.8 Å². The highest BCUT2D eigenvalue weighted by atomic mass is 32.2. The van der Waals surface area contributed by atoms with Crippen LogP contribution in [0.15, 0.2) is 29.2 Å². The largest absolute Gasteiger partial charge is 0.465 e. The maximum absolute atomic E-state index is 12.3. The van der Waals surface area contributed by atoms with Gasteiger partial charge in [-0.3, -0.25) is 4.79 Å². The highest BCUT2D eigenvalue weighted by Crippen LogP contribution is 2.25. The summed E-state index contributed by atoms with van der Waals surface area (Å²) >= 11 is 0. The molecule has 0 fully saturated rings. The van der Waals surface area contributed by atoms with Gasteiger partial charge in [-0.05, 0) is 26.8 Å². The molecule has 21 heavy (non-hydrogen) atoms. The Kier molecular flexibility index (Phi) is 5.88. The number of rotatable bonds is 6. The Labute approximate surface area is 124 Å². The molecule has 1 unspecified atom stereocenters. The second-order valence-corrected chi connectivity index (χ2v) is 6.31. The number of carbonyl (C=O) groups is 1. The molecule has 0 amide bonds. The van der Waals surface area contributed by atoms with Crippen LogP contribution >= 0.6 is 0 Å². The molecule has 6 nitrogen and oxygen atoms in total. The number of carbonyl (C=O) groups excluding carboxylic acids is 1. The molecule has 1 N–H and O–H groups in total. The first-order valence-corrected chi connectivity index (χ1v) is 7.99. The van der Waals surface area contributed by atoms with Gasteiger partial charge in [-0.15, -0.1) is 0 Å². The molecule has 0 aliphatic carbocycles. The Hall–Kier alpha value is -1.91. The van der Waals surface area contributed by atoms with E-state index in [4.69, 9.17) is 4.74 Å². The number of nitrogens with one attached hydrogen (secondary N) is 1. The van der Waals surface area contributed by atoms with Crippen LogP contribution in [0.1, 0.15) is 32.3 Å². The minimum Gasteiger partial charge on any atom is -0.465 e. The average Bonchev–Trinajstić information content (AvgIpc) is 2.39. The van der Waals surface area contributed by atoms with Gasteiger partial charge in [-0.25, -0.2) is 13.1 Å². The summed E-state index contributed by atoms with van der Waals surface area (Å²) in [5.74, 6) is -2.03. The fraction of sp³-hybridized carbons (Fsp3) is 0.429. The first-order valence-electron chi connectivity index (χ1n) is 6.51. The molecular weight excluding hydrogens is 292 g/mol. The van der Waals surface area contributed by atoms with E-state index >= 15 is 0 Å². The summed E-state index contributed by atoms with van der Waals surface area (Å²) in [6.07, 6.45) is 0. The van der Waals surface area contributed by atoms with Gasteiger partial charge in [0.2, 0.25) is 10.0 Å². The lowest BCUT2D eigenvalue weighted by Crippen LogP contribution is -2.31. The van der Waals surface area contributed by atoms with Crippen LogP contribution in [-0.4, -0.2) is 27.0 Å². The molecule has 7 heteroatoms. The van der Waals surface area contributed by atoms with Crippen molar-refractivity contribution in [1.29, 1.82) is 5.26 Å². The summed E-state index contributed by atoms with van der Waals surface area (Å²) < 4.78 is 31.8. The van der Waals surface area contributed by atoms with E-state index in [1.807, 2.05) is 0 Å². The monoisotopic (exact) mass is 310 g/mol. The van der Waals surface area contributed by atoms with Crippen molar-refractivity contribution < 1.29 is 17.9 Å². The number of benzene rings is 1. The number of nitrogens with zero attached hydrogens (tertiary/aromatic N) is 1. The van der Waals surface area contributed by atoms with Crippen molar-refractivity contribution >= 4 is 16.0 Å². The normalized spacial score (nSPS) is 12.7. The van der Waals surface area contributed by atoms with Crippen LogP contribution in [0.5, 0.6) is 0 Å². The smallest absolute Gasteiger partial charge is 0.327 e. The van der Waals surface area contributed by atoms with Crippen molar-refractivity contribution in [2.45, 2.75) is 37.6 Å². The number of hydrogen-bond donors (Lipinski definition) is 1. The Morgan fingerprint density at radius 2 is 2.00 bits per heavy atom. The van der Waals surface area contributed by atoms with Gasteiger partial charge in [0.25, 0.3) is 0 Å². The van der Waals surface area contributed by atoms with Crippen LogP contribution in [0.25, 0.3) is 0 Å². The van der Waals surface area contributed by atoms with Gasteiger partial charge < -0.3 is 4.74 Å². The molecule has 0 saturated heterocycles. The van der Waals surface area contributed by atoms with Crippen LogP contribution in [0, 0.1) is 11.3 Å². The van der Waals surface area contributed by atoms with Gasteiger partial charge >= 0.3 is 5.97 Å². The lowest BCUT2D eigenvalue weighted by atomic mass is 10.0. The number of sulfonamides is 1. The predicted molar refractivity (Wildman–Crippen MR) is 76.9 cm³/mol. The highest BCUT2D eigenvalue weighted by molar-refractivity contribution is 7.89. The maximum Gasteiger partial charge on any atom is 0.327 e. The minimum absolute atomic E-state index is 0.0849. The van der Waals surface area contributed by atoms with E-state index in [1.54, 1.807) is 32.9 Å². The molecule has 0 heterocycles. The molecule has 0 aliphatic heterocycles. The summed E-state index contributed by atoms with van der Waals surface area (Å²) in [6, 6.07) is 7.43. The highest BCUT2D eigenvalue weighted by Gasteiger charge is 2.29. The number of esters is 1. The van der Waals surface area contributed by atoms with E-state index in [0.717, 1.165) is 0 Å². The lowest BCUT2D eigenvalue weighted by molar-refractivity contribution is -0.143. The van der Waals surface area contributed by atoms with Crippen molar-refractivity contribution in [2.75, 3.05) is 6.61 Å². The molecule has 114 valence electrons. The molecule has 0 spiro atoms. The summed E-state index contributed by atoms with van der Waals surface area (Å²) in [5, 5.41) is 9.18. The van der Waals surface area contributed by atoms with Crippen LogP contribution in [0.4, 0.5) is 0 Å². The van der Waals surface area contributed by atoms with Crippen molar-refractivity contribution in [3.8, 4) is 6.07 Å². The Morgan fingerprint density at radius 3 is 2.52 bits per heavy atom. The van der Waals surface area contributed by atoms with E-state index in [0.29, 0.717) is 0 Å². The summed E-state index contributed by atoms with van der Waals surface area (Å²) in [5.41, 5.74) is 0.117. The molecule has 0 aromatic heterocycles. The fourth-order valence-corrected chi connectivity index (χ4v) is 3.31. The third-order valence-electron chi connectivity index (χ3n) is 2.56. The molecule has 1 atom stereocenters. The van der Waals surface area contributed by atoms with Crippen LogP contribution < -0.4 is 4.72 Å². The van der Waals surface area contributed by atoms with E-state index in [-0.39, 0.29) is 23.1 Å². The van der Waals surface area contributed by atoms with Gasteiger partial charge in [-0.2, -0.15) is 5.26 Å². The summed E-state index contributed by atoms with van der Waals surface area (Å²) in [4.78, 5) is 11.7. The van der Waals surface area contributed by atoms with Crippen molar-refractivity contribution in [1.82, 2.24) is 4.72 Å². The van der Waals surface area contributed by atoms with Crippen molar-refractivity contribution in [3.63, 3.8) is 0 Å². The van der Waals surface area contributed by atoms with Crippen molar-refractivity contribution in [2.24, 2.45) is 0 Å². The van der Waals surface area contributed by atoms with E-state index in [9.17, 15) is 18.5 Å². The zero-order valence-electron chi connectivity index (χ0n) is 12.2. The number of ether oxygens (including phenoxy) is 1. The van der Waals surface area contributed by atoms with Crippen LogP contribution in [-0.2, 0) is 19.6 Å². The third kappa shape index (κ3) is 4.28. The Bertz CT molecular complexity index is 647. The Morgan fingerprint density at radius 1 is 1.38 bits per heavy atom. The topological polar surface area (TPSA) is 96.3 Å². The van der Waals surface area contributed by atoms with E-state index in [1.165, 1.54) is 18.2 Å². The maximum atomic E-state index is 12.3. The molecule has 0 radical (unpaired) electrons. The molecule has 0 bridgehead atoms. The van der Waals surface area contributed by atoms with Crippen LogP contribution in [0.2, 0.25) is 0 Å². The zero-order valence-corrected chi connectivity index (χ0v) is 13.0. The number of hydrogen-bond acceptors (Lipinski definition) is 5. The molecule has 1 aromatic carbocycles. The Balaban J connectivity index is 3.33. The zero-order chi connectivity index (χ0) is 16.0. The van der Waals surface area contributed by atoms with Crippen LogP contribution in [0.3, 0.4) is 0 Å². The van der Waals surface area contributed by atoms with Gasteiger partial charge in [0.05, 0.1) is 17.6 Å². The average molecular weight is 310 g/mol.